The third-order valence-electron chi connectivity index (χ3n) is 4.91. The van der Waals surface area contributed by atoms with E-state index in [-0.39, 0.29) is 29.1 Å². The summed E-state index contributed by atoms with van der Waals surface area (Å²) in [4.78, 5) is 18.8. The predicted molar refractivity (Wildman–Crippen MR) is 82.7 cm³/mol. The van der Waals surface area contributed by atoms with Crippen LogP contribution in [0.5, 0.6) is 0 Å². The fraction of sp³-hybridized carbons (Fsp3) is 0.438. The number of carbonyl (C=O) groups excluding carboxylic acids is 1. The summed E-state index contributed by atoms with van der Waals surface area (Å²) in [6, 6.07) is 4.58. The van der Waals surface area contributed by atoms with Gasteiger partial charge in [-0.2, -0.15) is 5.10 Å². The molecular formula is C16H16ClFN4O. The van der Waals surface area contributed by atoms with Gasteiger partial charge in [-0.3, -0.25) is 4.79 Å². The molecule has 1 aromatic carbocycles. The molecule has 5 nitrogen and oxygen atoms in total. The van der Waals surface area contributed by atoms with Crippen molar-refractivity contribution in [3.05, 3.63) is 47.3 Å². The van der Waals surface area contributed by atoms with E-state index >= 15 is 0 Å². The molecule has 2 fully saturated rings. The molecule has 2 saturated heterocycles. The van der Waals surface area contributed by atoms with Crippen molar-refractivity contribution in [2.75, 3.05) is 0 Å². The Morgan fingerprint density at radius 1 is 1.22 bits per heavy atom. The van der Waals surface area contributed by atoms with E-state index in [0.717, 1.165) is 25.7 Å². The van der Waals surface area contributed by atoms with E-state index in [9.17, 15) is 9.18 Å². The van der Waals surface area contributed by atoms with E-state index < -0.39 is 5.82 Å². The highest BCUT2D eigenvalue weighted by Gasteiger charge is 2.44. The van der Waals surface area contributed by atoms with Crippen molar-refractivity contribution in [2.45, 2.75) is 43.8 Å². The van der Waals surface area contributed by atoms with Crippen LogP contribution < -0.4 is 0 Å². The molecule has 4 rings (SSSR count). The topological polar surface area (TPSA) is 51.0 Å². The molecule has 23 heavy (non-hydrogen) atoms. The van der Waals surface area contributed by atoms with Crippen molar-refractivity contribution in [2.24, 2.45) is 0 Å². The quantitative estimate of drug-likeness (QED) is 0.848. The Morgan fingerprint density at radius 2 is 1.96 bits per heavy atom. The summed E-state index contributed by atoms with van der Waals surface area (Å²) >= 11 is 6.06. The number of hydrogen-bond acceptors (Lipinski definition) is 3. The second-order valence-corrected chi connectivity index (χ2v) is 6.63. The molecular weight excluding hydrogens is 319 g/mol. The fourth-order valence-corrected chi connectivity index (χ4v) is 4.15. The molecule has 3 heterocycles. The van der Waals surface area contributed by atoms with Crippen molar-refractivity contribution < 1.29 is 9.18 Å². The lowest BCUT2D eigenvalue weighted by Crippen LogP contribution is -2.47. The van der Waals surface area contributed by atoms with Crippen molar-refractivity contribution >= 4 is 17.5 Å². The Morgan fingerprint density at radius 3 is 2.57 bits per heavy atom. The molecule has 2 aliphatic heterocycles. The molecule has 1 amide bonds. The number of aromatic nitrogens is 3. The zero-order chi connectivity index (χ0) is 16.0. The lowest BCUT2D eigenvalue weighted by atomic mass is 9.96. The molecule has 2 atom stereocenters. The number of hydrogen-bond donors (Lipinski definition) is 0. The number of amides is 1. The third-order valence-corrected chi connectivity index (χ3v) is 5.23. The highest BCUT2D eigenvalue weighted by atomic mass is 35.5. The number of fused-ring (bicyclic) bond motifs is 2. The van der Waals surface area contributed by atoms with Gasteiger partial charge in [0, 0.05) is 12.1 Å². The van der Waals surface area contributed by atoms with Gasteiger partial charge >= 0.3 is 0 Å². The van der Waals surface area contributed by atoms with Crippen LogP contribution >= 0.6 is 11.6 Å². The van der Waals surface area contributed by atoms with Gasteiger partial charge in [0.2, 0.25) is 0 Å². The first-order valence-corrected chi connectivity index (χ1v) is 8.13. The Hall–Kier alpha value is -1.95. The molecule has 0 spiro atoms. The van der Waals surface area contributed by atoms with Crippen LogP contribution in [0.15, 0.2) is 30.9 Å². The zero-order valence-corrected chi connectivity index (χ0v) is 13.2. The minimum Gasteiger partial charge on any atom is -0.332 e. The number of halogens is 2. The Balaban J connectivity index is 1.58. The maximum absolute atomic E-state index is 13.2. The van der Waals surface area contributed by atoms with Crippen molar-refractivity contribution in [1.29, 1.82) is 0 Å². The van der Waals surface area contributed by atoms with Crippen molar-refractivity contribution in [3.63, 3.8) is 0 Å². The Kier molecular flexibility index (Phi) is 3.56. The van der Waals surface area contributed by atoms with Crippen LogP contribution in [0.4, 0.5) is 4.39 Å². The maximum atomic E-state index is 13.2. The lowest BCUT2D eigenvalue weighted by molar-refractivity contribution is 0.0524. The molecule has 2 unspecified atom stereocenters. The lowest BCUT2D eigenvalue weighted by Gasteiger charge is -2.39. The standard InChI is InChI=1S/C16H16ClFN4O/c17-15-5-10(18)1-4-14(15)16(23)22-11-2-3-12(22)7-13(6-11)21-9-19-8-20-21/h1,4-5,8-9,11-13H,2-3,6-7H2. The summed E-state index contributed by atoms with van der Waals surface area (Å²) in [5.41, 5.74) is 0.379. The first kappa shape index (κ1) is 14.6. The largest absolute Gasteiger partial charge is 0.332 e. The van der Waals surface area contributed by atoms with Crippen LogP contribution in [0.1, 0.15) is 42.1 Å². The zero-order valence-electron chi connectivity index (χ0n) is 12.4. The second kappa shape index (κ2) is 5.60. The molecule has 1 aromatic heterocycles. The van der Waals surface area contributed by atoms with E-state index in [2.05, 4.69) is 10.1 Å². The summed E-state index contributed by atoms with van der Waals surface area (Å²) in [6.45, 7) is 0. The molecule has 2 aromatic rings. The number of benzene rings is 1. The van der Waals surface area contributed by atoms with Crippen LogP contribution in [0.25, 0.3) is 0 Å². The van der Waals surface area contributed by atoms with E-state index in [4.69, 9.17) is 11.6 Å². The molecule has 0 radical (unpaired) electrons. The van der Waals surface area contributed by atoms with Crippen LogP contribution in [-0.4, -0.2) is 37.7 Å². The van der Waals surface area contributed by atoms with Crippen LogP contribution in [0.3, 0.4) is 0 Å². The molecule has 7 heteroatoms. The second-order valence-electron chi connectivity index (χ2n) is 6.22. The van der Waals surface area contributed by atoms with Crippen LogP contribution in [0.2, 0.25) is 5.02 Å². The van der Waals surface area contributed by atoms with Gasteiger partial charge in [-0.15, -0.1) is 0 Å². The molecule has 0 N–H and O–H groups in total. The first-order chi connectivity index (χ1) is 11.1. The summed E-state index contributed by atoms with van der Waals surface area (Å²) in [6.07, 6.45) is 6.98. The maximum Gasteiger partial charge on any atom is 0.255 e. The van der Waals surface area contributed by atoms with Crippen molar-refractivity contribution in [3.8, 4) is 0 Å². The smallest absolute Gasteiger partial charge is 0.255 e. The van der Waals surface area contributed by atoms with Gasteiger partial charge in [0.25, 0.3) is 5.91 Å². The number of nitrogens with zero attached hydrogens (tertiary/aromatic N) is 4. The van der Waals surface area contributed by atoms with Crippen LogP contribution in [0, 0.1) is 5.82 Å². The summed E-state index contributed by atoms with van der Waals surface area (Å²) in [5.74, 6) is -0.529. The minimum absolute atomic E-state index is 0.0976. The van der Waals surface area contributed by atoms with Gasteiger partial charge in [-0.05, 0) is 43.9 Å². The average molecular weight is 335 g/mol. The molecule has 0 saturated carbocycles. The first-order valence-electron chi connectivity index (χ1n) is 7.75. The summed E-state index contributed by atoms with van der Waals surface area (Å²) in [7, 11) is 0. The van der Waals surface area contributed by atoms with Gasteiger partial charge in [0.1, 0.15) is 18.5 Å². The highest BCUT2D eigenvalue weighted by molar-refractivity contribution is 6.33. The highest BCUT2D eigenvalue weighted by Crippen LogP contribution is 2.41. The van der Waals surface area contributed by atoms with Gasteiger partial charge in [0.05, 0.1) is 16.6 Å². The molecule has 0 aliphatic carbocycles. The van der Waals surface area contributed by atoms with Gasteiger partial charge in [-0.25, -0.2) is 14.1 Å². The summed E-state index contributed by atoms with van der Waals surface area (Å²) in [5, 5.41) is 4.40. The fourth-order valence-electron chi connectivity index (χ4n) is 3.90. The van der Waals surface area contributed by atoms with E-state index in [1.807, 2.05) is 9.58 Å². The van der Waals surface area contributed by atoms with E-state index in [1.54, 1.807) is 6.33 Å². The SMILES string of the molecule is O=C(c1ccc(F)cc1Cl)N1C2CCC1CC(n1cncn1)C2. The molecule has 120 valence electrons. The van der Waals surface area contributed by atoms with Gasteiger partial charge in [0.15, 0.2) is 0 Å². The monoisotopic (exact) mass is 334 g/mol. The minimum atomic E-state index is -0.431. The number of piperidine rings is 1. The van der Waals surface area contributed by atoms with E-state index in [1.165, 1.54) is 24.5 Å². The van der Waals surface area contributed by atoms with Crippen molar-refractivity contribution in [1.82, 2.24) is 19.7 Å². The third kappa shape index (κ3) is 2.51. The molecule has 2 aliphatic rings. The predicted octanol–water partition coefficient (Wildman–Crippen LogP) is 3.08. The van der Waals surface area contributed by atoms with Crippen LogP contribution in [-0.2, 0) is 0 Å². The average Bonchev–Trinajstić information content (AvgIpc) is 3.13. The number of rotatable bonds is 2. The van der Waals surface area contributed by atoms with Gasteiger partial charge in [-0.1, -0.05) is 11.6 Å². The Labute approximate surface area is 138 Å². The molecule has 2 bridgehead atoms. The van der Waals surface area contributed by atoms with Gasteiger partial charge < -0.3 is 4.90 Å². The summed E-state index contributed by atoms with van der Waals surface area (Å²) < 4.78 is 15.1. The van der Waals surface area contributed by atoms with E-state index in [0.29, 0.717) is 5.56 Å². The number of carbonyl (C=O) groups is 1. The normalized spacial score (nSPS) is 26.5. The Bertz CT molecular complexity index is 722.